The van der Waals surface area contributed by atoms with Crippen molar-refractivity contribution in [2.45, 2.75) is 189 Å². The van der Waals surface area contributed by atoms with Crippen molar-refractivity contribution in [2.24, 2.45) is 17.2 Å². The summed E-state index contributed by atoms with van der Waals surface area (Å²) in [6, 6.07) is -13.1. The van der Waals surface area contributed by atoms with Crippen LogP contribution in [0.25, 0.3) is 0 Å². The van der Waals surface area contributed by atoms with Crippen LogP contribution in [0.5, 0.6) is 0 Å². The number of carbonyl (C=O) groups excluding carboxylic acids is 11. The molecule has 0 aliphatic carbocycles. The number of nitrogens with two attached hydrogens (primary N) is 3. The number of primary amides is 1. The van der Waals surface area contributed by atoms with E-state index in [9.17, 15) is 77.6 Å². The summed E-state index contributed by atoms with van der Waals surface area (Å²) in [4.78, 5) is 179. The van der Waals surface area contributed by atoms with Crippen LogP contribution in [0.1, 0.15) is 123 Å². The van der Waals surface area contributed by atoms with Gasteiger partial charge in [-0.05, 0) is 110 Å². The molecule has 0 aromatic carbocycles. The molecule has 11 amide bonds. The monoisotopic (exact) mass is 1120 g/mol. The molecule has 5 rings (SSSR count). The van der Waals surface area contributed by atoms with Crippen LogP contribution < -0.4 is 43.8 Å². The first-order chi connectivity index (χ1) is 37.5. The van der Waals surface area contributed by atoms with E-state index in [1.807, 2.05) is 0 Å². The number of likely N-dealkylation sites (tertiary alicyclic amines) is 5. The molecule has 0 bridgehead atoms. The molecule has 0 unspecified atom stereocenters. The second-order valence-electron chi connectivity index (χ2n) is 20.9. The number of carbonyl (C=O) groups is 13. The summed E-state index contributed by atoms with van der Waals surface area (Å²) < 4.78 is 0. The first kappa shape index (κ1) is 62.8. The third-order valence-electron chi connectivity index (χ3n) is 15.3. The summed E-state index contributed by atoms with van der Waals surface area (Å²) in [5, 5.41) is 41.5. The third kappa shape index (κ3) is 16.3. The number of rotatable bonds is 27. The average molecular weight is 1120 g/mol. The molecule has 79 heavy (non-hydrogen) atoms. The van der Waals surface area contributed by atoms with E-state index < -0.39 is 156 Å². The number of carboxylic acids is 2. The highest BCUT2D eigenvalue weighted by atomic mass is 16.4. The Hall–Kier alpha value is -7.01. The maximum Gasteiger partial charge on any atom is 0.326 e. The van der Waals surface area contributed by atoms with Crippen LogP contribution in [0.4, 0.5) is 0 Å². The fraction of sp³-hybridized carbons (Fsp3) is 0.740. The summed E-state index contributed by atoms with van der Waals surface area (Å²) >= 11 is 0. The van der Waals surface area contributed by atoms with Gasteiger partial charge in [-0.2, -0.15) is 0 Å². The van der Waals surface area contributed by atoms with Crippen LogP contribution in [0.2, 0.25) is 0 Å². The number of nitrogens with zero attached hydrogens (tertiary/aromatic N) is 5. The second kappa shape index (κ2) is 29.3. The molecule has 440 valence electrons. The number of aliphatic carboxylic acids is 2. The van der Waals surface area contributed by atoms with Crippen molar-refractivity contribution < 1.29 is 77.6 Å². The van der Waals surface area contributed by atoms with Crippen LogP contribution in [0.15, 0.2) is 0 Å². The fourth-order valence-corrected chi connectivity index (χ4v) is 11.0. The van der Waals surface area contributed by atoms with E-state index in [0.29, 0.717) is 51.5 Å². The lowest BCUT2D eigenvalue weighted by atomic mass is 10.1. The number of unbranched alkanes of at least 4 members (excludes halogenated alkanes) is 1. The number of hydrogen-bond donors (Lipinski definition) is 11. The number of aliphatic hydroxyl groups excluding tert-OH is 1. The number of carboxylic acid groups (broad SMARTS) is 2. The van der Waals surface area contributed by atoms with Crippen LogP contribution in [0.3, 0.4) is 0 Å². The van der Waals surface area contributed by atoms with Gasteiger partial charge in [-0.3, -0.25) is 57.5 Å². The van der Waals surface area contributed by atoms with Crippen LogP contribution in [-0.2, 0) is 62.3 Å². The van der Waals surface area contributed by atoms with Gasteiger partial charge in [-0.15, -0.1) is 0 Å². The summed E-state index contributed by atoms with van der Waals surface area (Å²) in [6.45, 7) is 3.00. The first-order valence-electron chi connectivity index (χ1n) is 27.3. The summed E-state index contributed by atoms with van der Waals surface area (Å²) in [6.07, 6.45) is 3.10. The Bertz CT molecular complexity index is 2310. The molecular weight excluding hydrogens is 1040 g/mol. The highest BCUT2D eigenvalue weighted by Gasteiger charge is 2.47. The van der Waals surface area contributed by atoms with Crippen molar-refractivity contribution in [3.05, 3.63) is 0 Å². The van der Waals surface area contributed by atoms with Crippen molar-refractivity contribution >= 4 is 76.9 Å². The summed E-state index contributed by atoms with van der Waals surface area (Å²) in [5.74, 6) is -10.3. The number of amides is 11. The zero-order valence-electron chi connectivity index (χ0n) is 44.9. The Labute approximate surface area is 457 Å². The lowest BCUT2D eigenvalue weighted by Crippen LogP contribution is -2.60. The molecule has 5 heterocycles. The minimum Gasteiger partial charge on any atom is -0.481 e. The van der Waals surface area contributed by atoms with Crippen molar-refractivity contribution in [2.75, 3.05) is 45.9 Å². The number of aliphatic hydroxyl groups is 1. The van der Waals surface area contributed by atoms with Crippen LogP contribution >= 0.6 is 0 Å². The molecule has 29 nitrogen and oxygen atoms in total. The van der Waals surface area contributed by atoms with Gasteiger partial charge in [-0.1, -0.05) is 6.42 Å². The molecule has 0 spiro atoms. The normalized spacial score (nSPS) is 23.2. The van der Waals surface area contributed by atoms with Gasteiger partial charge in [0, 0.05) is 45.6 Å². The highest BCUT2D eigenvalue weighted by molar-refractivity contribution is 5.99. The van der Waals surface area contributed by atoms with Gasteiger partial charge in [0.25, 0.3) is 0 Å². The lowest BCUT2D eigenvalue weighted by Gasteiger charge is -2.34. The standard InChI is InChI=1S/C50H79N13O16/c1-27(54-41(69)31(17-19-39(66)67)56-40(68)29(52)10-3-4-20-51)45(73)61-23-7-13-35(61)48(76)59-21-5-11-33(59)43(71)55-28(2)46(74)62-24-8-14-36(62)49(77)60-22-6-12-34(60)44(72)57-30(16-18-38(53)65)42(70)58-32(26-64)47(75)63-25-9-15-37(63)50(78)79/h27-37,64H,3-26,51-52H2,1-2H3,(H2,53,65)(H,54,69)(H,55,71)(H,56,68)(H,57,72)(H,58,70)(H,66,67)(H,78,79)/t27-,28-,29-,30-,31-,32-,33-,34-,35-,36-,37-/m0/s1. The molecule has 5 aliphatic heterocycles. The van der Waals surface area contributed by atoms with Gasteiger partial charge in [-0.25, -0.2) is 4.79 Å². The van der Waals surface area contributed by atoms with Gasteiger partial charge in [0.05, 0.1) is 12.6 Å². The maximum absolute atomic E-state index is 14.3. The molecule has 0 aromatic heterocycles. The Morgan fingerprint density at radius 3 is 1.39 bits per heavy atom. The van der Waals surface area contributed by atoms with Gasteiger partial charge in [0.2, 0.25) is 65.0 Å². The maximum atomic E-state index is 14.3. The lowest BCUT2D eigenvalue weighted by molar-refractivity contribution is -0.150. The predicted molar refractivity (Wildman–Crippen MR) is 276 cm³/mol. The molecule has 29 heteroatoms. The third-order valence-corrected chi connectivity index (χ3v) is 15.3. The van der Waals surface area contributed by atoms with Gasteiger partial charge in [0.1, 0.15) is 60.4 Å². The Morgan fingerprint density at radius 2 is 0.911 bits per heavy atom. The van der Waals surface area contributed by atoms with Crippen LogP contribution in [0, 0.1) is 0 Å². The molecule has 14 N–H and O–H groups in total. The molecule has 5 saturated heterocycles. The van der Waals surface area contributed by atoms with Gasteiger partial charge >= 0.3 is 11.9 Å². The number of hydrogen-bond acceptors (Lipinski definition) is 16. The van der Waals surface area contributed by atoms with Gasteiger partial charge < -0.3 is 83.6 Å². The topological polar surface area (TPSA) is 437 Å². The minimum atomic E-state index is -1.57. The summed E-state index contributed by atoms with van der Waals surface area (Å²) in [5.41, 5.74) is 16.9. The Kier molecular flexibility index (Phi) is 23.3. The summed E-state index contributed by atoms with van der Waals surface area (Å²) in [7, 11) is 0. The zero-order chi connectivity index (χ0) is 58.2. The van der Waals surface area contributed by atoms with Gasteiger partial charge in [0.15, 0.2) is 0 Å². The molecular formula is C50H79N13O16. The molecule has 5 fully saturated rings. The Morgan fingerprint density at radius 1 is 0.494 bits per heavy atom. The van der Waals surface area contributed by atoms with Crippen molar-refractivity contribution in [3.63, 3.8) is 0 Å². The van der Waals surface area contributed by atoms with E-state index in [-0.39, 0.29) is 90.5 Å². The van der Waals surface area contributed by atoms with Crippen molar-refractivity contribution in [3.8, 4) is 0 Å². The number of nitrogens with one attached hydrogen (secondary N) is 5. The van der Waals surface area contributed by atoms with Crippen molar-refractivity contribution in [1.82, 2.24) is 51.1 Å². The Balaban J connectivity index is 1.18. The average Bonchev–Trinajstić information content (AvgIpc) is 4.30. The fourth-order valence-electron chi connectivity index (χ4n) is 11.0. The van der Waals surface area contributed by atoms with Crippen LogP contribution in [-0.4, -0.2) is 229 Å². The molecule has 11 atom stereocenters. The second-order valence-corrected chi connectivity index (χ2v) is 20.9. The van der Waals surface area contributed by atoms with E-state index in [0.717, 1.165) is 4.90 Å². The predicted octanol–water partition coefficient (Wildman–Crippen LogP) is -4.93. The molecule has 5 aliphatic rings. The van der Waals surface area contributed by atoms with E-state index in [1.54, 1.807) is 0 Å². The highest BCUT2D eigenvalue weighted by Crippen LogP contribution is 2.28. The SMILES string of the molecule is C[C@H](NC(=O)[C@H](CCC(=O)O)NC(=O)[C@@H](N)CCCCN)C(=O)N1CCC[C@H]1C(=O)N1CCC[C@H]1C(=O)N[C@@H](C)C(=O)N1CCC[C@H]1C(=O)N1CCC[C@H]1C(=O)N[C@@H](CCC(N)=O)C(=O)N[C@@H](CO)C(=O)N1CCC[C@H]1C(=O)O. The quantitative estimate of drug-likeness (QED) is 0.0343. The van der Waals surface area contributed by atoms with E-state index in [4.69, 9.17) is 17.2 Å². The first-order valence-corrected chi connectivity index (χ1v) is 27.3. The molecule has 0 radical (unpaired) electrons. The van der Waals surface area contributed by atoms with E-state index in [2.05, 4.69) is 26.6 Å². The minimum absolute atomic E-state index is 0.0796. The smallest absolute Gasteiger partial charge is 0.326 e. The molecule has 0 saturated carbocycles. The molecule has 0 aromatic rings. The zero-order valence-corrected chi connectivity index (χ0v) is 44.9. The largest absolute Gasteiger partial charge is 0.481 e. The van der Waals surface area contributed by atoms with E-state index >= 15 is 0 Å². The van der Waals surface area contributed by atoms with Crippen molar-refractivity contribution in [1.29, 1.82) is 0 Å². The van der Waals surface area contributed by atoms with E-state index in [1.165, 1.54) is 33.4 Å².